The molecular weight excluding hydrogens is 323 g/mol. The first-order valence-corrected chi connectivity index (χ1v) is 7.89. The lowest BCUT2D eigenvalue weighted by Crippen LogP contribution is -2.32. The lowest BCUT2D eigenvalue weighted by Gasteiger charge is -2.10. The lowest BCUT2D eigenvalue weighted by atomic mass is 10.2. The Bertz CT molecular complexity index is 749. The molecule has 25 heavy (non-hydrogen) atoms. The molecule has 0 radical (unpaired) electrons. The fourth-order valence-corrected chi connectivity index (χ4v) is 2.08. The molecule has 132 valence electrons. The van der Waals surface area contributed by atoms with Gasteiger partial charge in [-0.25, -0.2) is 9.37 Å². The average molecular weight is 344 g/mol. The fourth-order valence-electron chi connectivity index (χ4n) is 2.08. The van der Waals surface area contributed by atoms with Gasteiger partial charge < -0.3 is 15.5 Å². The van der Waals surface area contributed by atoms with Gasteiger partial charge in [-0.3, -0.25) is 9.59 Å². The van der Waals surface area contributed by atoms with E-state index in [1.807, 2.05) is 19.0 Å². The summed E-state index contributed by atoms with van der Waals surface area (Å²) in [5, 5.41) is 5.34. The molecule has 0 fully saturated rings. The van der Waals surface area contributed by atoms with Crippen LogP contribution < -0.4 is 10.6 Å². The van der Waals surface area contributed by atoms with Gasteiger partial charge in [-0.05, 0) is 32.3 Å². The quantitative estimate of drug-likeness (QED) is 0.797. The van der Waals surface area contributed by atoms with E-state index in [0.29, 0.717) is 18.7 Å². The highest BCUT2D eigenvalue weighted by Gasteiger charge is 2.12. The number of hydrogen-bond donors (Lipinski definition) is 2. The summed E-state index contributed by atoms with van der Waals surface area (Å²) in [5.74, 6) is -1.19. The number of likely N-dealkylation sites (N-methyl/N-ethyl adjacent to an activating group) is 1. The van der Waals surface area contributed by atoms with Crippen LogP contribution in [0.25, 0.3) is 0 Å². The van der Waals surface area contributed by atoms with E-state index in [0.717, 1.165) is 0 Å². The number of nitrogens with one attached hydrogen (secondary N) is 2. The van der Waals surface area contributed by atoms with Crippen LogP contribution in [0.1, 0.15) is 26.5 Å². The first-order chi connectivity index (χ1) is 12.0. The van der Waals surface area contributed by atoms with E-state index in [4.69, 9.17) is 0 Å². The highest BCUT2D eigenvalue weighted by molar-refractivity contribution is 5.96. The molecule has 6 nitrogen and oxygen atoms in total. The third-order valence-corrected chi connectivity index (χ3v) is 3.46. The molecule has 0 saturated heterocycles. The molecule has 0 atom stereocenters. The molecule has 0 unspecified atom stereocenters. The van der Waals surface area contributed by atoms with E-state index in [1.165, 1.54) is 12.1 Å². The molecule has 1 aromatic heterocycles. The van der Waals surface area contributed by atoms with Gasteiger partial charge in [0, 0.05) is 25.2 Å². The Morgan fingerprint density at radius 1 is 1.00 bits per heavy atom. The number of carbonyl (C=O) groups excluding carboxylic acids is 2. The molecular formula is C18H21FN4O2. The van der Waals surface area contributed by atoms with Crippen molar-refractivity contribution in [1.82, 2.24) is 20.5 Å². The number of hydrogen-bond acceptors (Lipinski definition) is 4. The van der Waals surface area contributed by atoms with Crippen molar-refractivity contribution in [2.75, 3.05) is 27.2 Å². The smallest absolute Gasteiger partial charge is 0.270 e. The third-order valence-electron chi connectivity index (χ3n) is 3.46. The fraction of sp³-hybridized carbons (Fsp3) is 0.278. The van der Waals surface area contributed by atoms with Gasteiger partial charge in [0.25, 0.3) is 11.8 Å². The Kier molecular flexibility index (Phi) is 6.59. The zero-order valence-electron chi connectivity index (χ0n) is 14.3. The number of nitrogens with zero attached hydrogens (tertiary/aromatic N) is 2. The summed E-state index contributed by atoms with van der Waals surface area (Å²) in [5.41, 5.74) is 0.655. The van der Waals surface area contributed by atoms with Crippen LogP contribution in [-0.4, -0.2) is 48.9 Å². The van der Waals surface area contributed by atoms with Crippen LogP contribution in [0.2, 0.25) is 0 Å². The molecule has 1 aromatic carbocycles. The molecule has 0 aliphatic rings. The summed E-state index contributed by atoms with van der Waals surface area (Å²) in [6, 6.07) is 10.8. The minimum Gasteiger partial charge on any atom is -0.349 e. The predicted octanol–water partition coefficient (Wildman–Crippen LogP) is 1.44. The van der Waals surface area contributed by atoms with Crippen molar-refractivity contribution in [3.05, 3.63) is 65.2 Å². The first kappa shape index (κ1) is 18.5. The summed E-state index contributed by atoms with van der Waals surface area (Å²) in [7, 11) is 3.82. The zero-order chi connectivity index (χ0) is 18.2. The minimum absolute atomic E-state index is 0.0481. The lowest BCUT2D eigenvalue weighted by molar-refractivity contribution is 0.0941. The summed E-state index contributed by atoms with van der Waals surface area (Å²) in [6.07, 6.45) is 0. The molecule has 7 heteroatoms. The normalized spacial score (nSPS) is 10.6. The van der Waals surface area contributed by atoms with Crippen molar-refractivity contribution in [2.45, 2.75) is 6.54 Å². The molecule has 2 rings (SSSR count). The van der Waals surface area contributed by atoms with E-state index >= 15 is 0 Å². The van der Waals surface area contributed by atoms with Crippen molar-refractivity contribution >= 4 is 11.8 Å². The van der Waals surface area contributed by atoms with Crippen molar-refractivity contribution in [2.24, 2.45) is 0 Å². The van der Waals surface area contributed by atoms with Crippen LogP contribution in [0.15, 0.2) is 42.5 Å². The minimum atomic E-state index is -0.466. The Hall–Kier alpha value is -2.80. The maximum Gasteiger partial charge on any atom is 0.270 e. The monoisotopic (exact) mass is 344 g/mol. The number of amides is 2. The largest absolute Gasteiger partial charge is 0.349 e. The maximum atomic E-state index is 13.6. The van der Waals surface area contributed by atoms with Gasteiger partial charge in [-0.2, -0.15) is 0 Å². The second kappa shape index (κ2) is 8.89. The number of rotatable bonds is 7. The van der Waals surface area contributed by atoms with Gasteiger partial charge in [0.05, 0.1) is 0 Å². The second-order valence-corrected chi connectivity index (χ2v) is 5.74. The Balaban J connectivity index is 1.96. The summed E-state index contributed by atoms with van der Waals surface area (Å²) in [6.45, 7) is 1.23. The van der Waals surface area contributed by atoms with Crippen LogP contribution in [0, 0.1) is 5.82 Å². The van der Waals surface area contributed by atoms with Gasteiger partial charge in [0.15, 0.2) is 0 Å². The molecule has 0 spiro atoms. The molecule has 2 amide bonds. The van der Waals surface area contributed by atoms with Crippen molar-refractivity contribution in [3.63, 3.8) is 0 Å². The van der Waals surface area contributed by atoms with Crippen LogP contribution in [0.4, 0.5) is 4.39 Å². The zero-order valence-corrected chi connectivity index (χ0v) is 14.3. The molecule has 2 aromatic rings. The molecule has 2 N–H and O–H groups in total. The van der Waals surface area contributed by atoms with E-state index < -0.39 is 5.91 Å². The van der Waals surface area contributed by atoms with Crippen LogP contribution in [0.5, 0.6) is 0 Å². The number of aromatic nitrogens is 1. The van der Waals surface area contributed by atoms with E-state index in [2.05, 4.69) is 15.6 Å². The third kappa shape index (κ3) is 5.65. The Labute approximate surface area is 146 Å². The molecule has 0 bridgehead atoms. The average Bonchev–Trinajstić information content (AvgIpc) is 2.60. The molecule has 1 heterocycles. The topological polar surface area (TPSA) is 74.3 Å². The summed E-state index contributed by atoms with van der Waals surface area (Å²) >= 11 is 0. The van der Waals surface area contributed by atoms with Crippen molar-refractivity contribution in [1.29, 1.82) is 0 Å². The number of benzene rings is 1. The SMILES string of the molecule is CN(C)CCNC(=O)c1cccc(C(=O)NCc2ccccc2F)n1. The Morgan fingerprint density at radius 2 is 1.64 bits per heavy atom. The summed E-state index contributed by atoms with van der Waals surface area (Å²) in [4.78, 5) is 30.2. The number of halogens is 1. The van der Waals surface area contributed by atoms with Crippen molar-refractivity contribution < 1.29 is 14.0 Å². The highest BCUT2D eigenvalue weighted by Crippen LogP contribution is 2.06. The Morgan fingerprint density at radius 3 is 2.28 bits per heavy atom. The van der Waals surface area contributed by atoms with Gasteiger partial charge in [0.1, 0.15) is 17.2 Å². The van der Waals surface area contributed by atoms with Gasteiger partial charge in [-0.1, -0.05) is 24.3 Å². The van der Waals surface area contributed by atoms with Crippen LogP contribution in [0.3, 0.4) is 0 Å². The van der Waals surface area contributed by atoms with Gasteiger partial charge in [0.2, 0.25) is 0 Å². The molecule has 0 aliphatic carbocycles. The number of carbonyl (C=O) groups is 2. The first-order valence-electron chi connectivity index (χ1n) is 7.89. The molecule has 0 saturated carbocycles. The van der Waals surface area contributed by atoms with Crippen molar-refractivity contribution in [3.8, 4) is 0 Å². The van der Waals surface area contributed by atoms with E-state index in [9.17, 15) is 14.0 Å². The number of pyridine rings is 1. The highest BCUT2D eigenvalue weighted by atomic mass is 19.1. The molecule has 0 aliphatic heterocycles. The maximum absolute atomic E-state index is 13.6. The standard InChI is InChI=1S/C18H21FN4O2/c1-23(2)11-10-20-17(24)15-8-5-9-16(22-15)18(25)21-12-13-6-3-4-7-14(13)19/h3-9H,10-12H2,1-2H3,(H,20,24)(H,21,25). The predicted molar refractivity (Wildman–Crippen MR) is 92.7 cm³/mol. The van der Waals surface area contributed by atoms with Gasteiger partial charge in [-0.15, -0.1) is 0 Å². The van der Waals surface area contributed by atoms with Crippen LogP contribution in [-0.2, 0) is 6.54 Å². The second-order valence-electron chi connectivity index (χ2n) is 5.74. The van der Waals surface area contributed by atoms with E-state index in [-0.39, 0.29) is 29.7 Å². The van der Waals surface area contributed by atoms with Crippen LogP contribution >= 0.6 is 0 Å². The van der Waals surface area contributed by atoms with Gasteiger partial charge >= 0.3 is 0 Å². The summed E-state index contributed by atoms with van der Waals surface area (Å²) < 4.78 is 13.6. The van der Waals surface area contributed by atoms with E-state index in [1.54, 1.807) is 30.3 Å².